The molecule has 3 aromatic carbocycles. The molecular formula is C45H59N3O4. The summed E-state index contributed by atoms with van der Waals surface area (Å²) in [6.07, 6.45) is 26.4. The molecule has 7 nitrogen and oxygen atoms in total. The van der Waals surface area contributed by atoms with Crippen molar-refractivity contribution in [3.63, 3.8) is 0 Å². The zero-order chi connectivity index (χ0) is 36.8. The first-order valence-electron chi connectivity index (χ1n) is 19.6. The summed E-state index contributed by atoms with van der Waals surface area (Å²) in [6, 6.07) is 22.3. The number of benzene rings is 3. The summed E-state index contributed by atoms with van der Waals surface area (Å²) >= 11 is 0. The van der Waals surface area contributed by atoms with Crippen LogP contribution in [0.15, 0.2) is 88.7 Å². The van der Waals surface area contributed by atoms with Gasteiger partial charge in [0.15, 0.2) is 0 Å². The quantitative estimate of drug-likeness (QED) is 0.0258. The van der Waals surface area contributed by atoms with Gasteiger partial charge in [0.2, 0.25) is 0 Å². The monoisotopic (exact) mass is 705 g/mol. The maximum Gasteiger partial charge on any atom is 0.336 e. The fourth-order valence-electron chi connectivity index (χ4n) is 6.16. The predicted octanol–water partition coefficient (Wildman–Crippen LogP) is 11.8. The van der Waals surface area contributed by atoms with E-state index in [1.165, 1.54) is 107 Å². The lowest BCUT2D eigenvalue weighted by molar-refractivity contribution is -0.128. The highest BCUT2D eigenvalue weighted by molar-refractivity contribution is 5.88. The van der Waals surface area contributed by atoms with Crippen LogP contribution in [0, 0.1) is 13.8 Å². The van der Waals surface area contributed by atoms with Crippen LogP contribution in [0.3, 0.4) is 0 Å². The standard InChI is InChI=1S/C45H59N3O4/c1-4-5-6-7-8-9-10-11-12-13-14-15-16-17-18-19-34-51-41-29-22-38(23-30-41)24-33-44(49)52-42-31-25-39(26-32-42)46-35-43-37(3)47-48(45(43)50)40-27-20-36(2)21-28-40/h20-33,35,47H,4-19,34H2,1-3H3/b33-24+,46-35?. The van der Waals surface area contributed by atoms with Crippen molar-refractivity contribution in [1.82, 2.24) is 9.78 Å². The molecule has 1 heterocycles. The summed E-state index contributed by atoms with van der Waals surface area (Å²) in [7, 11) is 0. The normalized spacial score (nSPS) is 11.5. The molecule has 0 aliphatic carbocycles. The zero-order valence-corrected chi connectivity index (χ0v) is 31.7. The van der Waals surface area contributed by atoms with Crippen molar-refractivity contribution in [2.45, 2.75) is 124 Å². The molecule has 0 aliphatic rings. The van der Waals surface area contributed by atoms with Crippen molar-refractivity contribution in [1.29, 1.82) is 0 Å². The number of carbonyl (C=O) groups excluding carboxylic acids is 1. The second-order valence-corrected chi connectivity index (χ2v) is 13.9. The lowest BCUT2D eigenvalue weighted by Gasteiger charge is -2.07. The molecule has 0 unspecified atom stereocenters. The fraction of sp³-hybridized carbons (Fsp3) is 0.444. The molecule has 4 aromatic rings. The van der Waals surface area contributed by atoms with E-state index in [1.807, 2.05) is 62.4 Å². The first-order valence-corrected chi connectivity index (χ1v) is 19.6. The van der Waals surface area contributed by atoms with E-state index >= 15 is 0 Å². The van der Waals surface area contributed by atoms with E-state index in [-0.39, 0.29) is 5.56 Å². The van der Waals surface area contributed by atoms with Gasteiger partial charge in [0.05, 0.1) is 23.5 Å². The van der Waals surface area contributed by atoms with Gasteiger partial charge in [0.25, 0.3) is 5.56 Å². The second-order valence-electron chi connectivity index (χ2n) is 13.9. The number of aliphatic imine (C=N–C) groups is 1. The van der Waals surface area contributed by atoms with Gasteiger partial charge in [-0.2, -0.15) is 0 Å². The highest BCUT2D eigenvalue weighted by atomic mass is 16.5. The smallest absolute Gasteiger partial charge is 0.336 e. The van der Waals surface area contributed by atoms with Crippen molar-refractivity contribution in [3.05, 3.63) is 112 Å². The maximum absolute atomic E-state index is 13.0. The maximum atomic E-state index is 13.0. The van der Waals surface area contributed by atoms with Crippen molar-refractivity contribution >= 4 is 23.9 Å². The van der Waals surface area contributed by atoms with Crippen molar-refractivity contribution in [3.8, 4) is 17.2 Å². The molecule has 1 N–H and O–H groups in total. The molecule has 278 valence electrons. The number of aromatic nitrogens is 2. The Bertz CT molecular complexity index is 1710. The van der Waals surface area contributed by atoms with Crippen LogP contribution in [0.4, 0.5) is 5.69 Å². The van der Waals surface area contributed by atoms with Crippen LogP contribution < -0.4 is 15.0 Å². The van der Waals surface area contributed by atoms with Gasteiger partial charge in [-0.3, -0.25) is 14.9 Å². The first-order chi connectivity index (χ1) is 25.4. The molecular weight excluding hydrogens is 647 g/mol. The molecule has 0 radical (unpaired) electrons. The number of esters is 1. The van der Waals surface area contributed by atoms with Crippen LogP contribution in [0.5, 0.6) is 11.5 Å². The van der Waals surface area contributed by atoms with Crippen molar-refractivity contribution in [2.24, 2.45) is 4.99 Å². The van der Waals surface area contributed by atoms with E-state index in [4.69, 9.17) is 9.47 Å². The number of rotatable bonds is 24. The molecule has 0 saturated heterocycles. The summed E-state index contributed by atoms with van der Waals surface area (Å²) in [4.78, 5) is 29.9. The number of aryl methyl sites for hydroxylation is 2. The van der Waals surface area contributed by atoms with E-state index in [0.717, 1.165) is 41.3 Å². The Kier molecular flexibility index (Phi) is 17.8. The Balaban J connectivity index is 1.07. The average Bonchev–Trinajstić information content (AvgIpc) is 3.44. The highest BCUT2D eigenvalue weighted by Crippen LogP contribution is 2.20. The molecule has 7 heteroatoms. The highest BCUT2D eigenvalue weighted by Gasteiger charge is 2.11. The summed E-state index contributed by atoms with van der Waals surface area (Å²) in [5.41, 5.74) is 4.44. The van der Waals surface area contributed by atoms with Crippen LogP contribution in [0.2, 0.25) is 0 Å². The van der Waals surface area contributed by atoms with Crippen LogP contribution in [-0.2, 0) is 4.79 Å². The Morgan fingerprint density at radius 2 is 1.23 bits per heavy atom. The van der Waals surface area contributed by atoms with Gasteiger partial charge in [0, 0.05) is 18.0 Å². The van der Waals surface area contributed by atoms with Gasteiger partial charge in [-0.05, 0) is 80.4 Å². The van der Waals surface area contributed by atoms with Crippen LogP contribution in [0.1, 0.15) is 132 Å². The van der Waals surface area contributed by atoms with E-state index in [1.54, 1.807) is 36.6 Å². The Morgan fingerprint density at radius 3 is 1.81 bits per heavy atom. The number of nitrogens with zero attached hydrogens (tertiary/aromatic N) is 2. The van der Waals surface area contributed by atoms with Crippen LogP contribution in [0.25, 0.3) is 11.8 Å². The zero-order valence-electron chi connectivity index (χ0n) is 31.7. The third kappa shape index (κ3) is 14.5. The van der Waals surface area contributed by atoms with E-state index in [0.29, 0.717) is 17.0 Å². The van der Waals surface area contributed by atoms with Gasteiger partial charge in [-0.15, -0.1) is 0 Å². The molecule has 0 fully saturated rings. The minimum Gasteiger partial charge on any atom is -0.494 e. The van der Waals surface area contributed by atoms with E-state index in [2.05, 4.69) is 17.0 Å². The van der Waals surface area contributed by atoms with E-state index in [9.17, 15) is 9.59 Å². The minimum atomic E-state index is -0.473. The average molecular weight is 706 g/mol. The molecule has 52 heavy (non-hydrogen) atoms. The number of unbranched alkanes of at least 4 members (excludes halogenated alkanes) is 15. The van der Waals surface area contributed by atoms with Crippen molar-refractivity contribution in [2.75, 3.05) is 6.61 Å². The first kappa shape index (κ1) is 40.1. The van der Waals surface area contributed by atoms with Gasteiger partial charge < -0.3 is 9.47 Å². The molecule has 0 saturated carbocycles. The number of H-pyrrole nitrogens is 1. The van der Waals surface area contributed by atoms with Gasteiger partial charge in [0.1, 0.15) is 11.5 Å². The Labute approximate surface area is 311 Å². The number of hydrogen-bond acceptors (Lipinski definition) is 5. The number of ether oxygens (including phenoxy) is 2. The van der Waals surface area contributed by atoms with Gasteiger partial charge >= 0.3 is 5.97 Å². The largest absolute Gasteiger partial charge is 0.494 e. The third-order valence-electron chi connectivity index (χ3n) is 9.37. The lowest BCUT2D eigenvalue weighted by atomic mass is 10.0. The van der Waals surface area contributed by atoms with Crippen LogP contribution in [-0.4, -0.2) is 28.6 Å². The molecule has 0 atom stereocenters. The SMILES string of the molecule is CCCCCCCCCCCCCCCCCCOc1ccc(/C=C/C(=O)Oc2ccc(N=Cc3c(C)[nH]n(-c4ccc(C)cc4)c3=O)cc2)cc1. The third-order valence-corrected chi connectivity index (χ3v) is 9.37. The topological polar surface area (TPSA) is 85.7 Å². The number of carbonyl (C=O) groups is 1. The lowest BCUT2D eigenvalue weighted by Crippen LogP contribution is -2.17. The Hall–Kier alpha value is -4.65. The molecule has 1 aromatic heterocycles. The number of aromatic amines is 1. The van der Waals surface area contributed by atoms with Crippen LogP contribution >= 0.6 is 0 Å². The number of nitrogens with one attached hydrogen (secondary N) is 1. The van der Waals surface area contributed by atoms with Crippen molar-refractivity contribution < 1.29 is 14.3 Å². The number of hydrogen-bond donors (Lipinski definition) is 1. The molecule has 0 aliphatic heterocycles. The predicted molar refractivity (Wildman–Crippen MR) is 216 cm³/mol. The molecule has 0 spiro atoms. The minimum absolute atomic E-state index is 0.171. The summed E-state index contributed by atoms with van der Waals surface area (Å²) < 4.78 is 12.9. The summed E-state index contributed by atoms with van der Waals surface area (Å²) in [6.45, 7) is 6.85. The fourth-order valence-corrected chi connectivity index (χ4v) is 6.16. The second kappa shape index (κ2) is 23.0. The molecule has 0 bridgehead atoms. The van der Waals surface area contributed by atoms with E-state index < -0.39 is 5.97 Å². The molecule has 4 rings (SSSR count). The van der Waals surface area contributed by atoms with Gasteiger partial charge in [-0.25, -0.2) is 9.48 Å². The Morgan fingerprint density at radius 1 is 0.692 bits per heavy atom. The summed E-state index contributed by atoms with van der Waals surface area (Å²) in [5, 5.41) is 3.11. The van der Waals surface area contributed by atoms with Gasteiger partial charge in [-0.1, -0.05) is 133 Å². The summed E-state index contributed by atoms with van der Waals surface area (Å²) in [5.74, 6) is 0.776. The molecule has 0 amide bonds.